The Labute approximate surface area is 171 Å². The van der Waals surface area contributed by atoms with E-state index in [-0.39, 0.29) is 25.1 Å². The summed E-state index contributed by atoms with van der Waals surface area (Å²) in [5, 5.41) is 3.32. The van der Waals surface area contributed by atoms with E-state index in [1.54, 1.807) is 42.5 Å². The number of ether oxygens (including phenoxy) is 1. The number of anilines is 1. The highest BCUT2D eigenvalue weighted by atomic mass is 35.5. The lowest BCUT2D eigenvalue weighted by molar-refractivity contribution is -0.123. The molecule has 1 atom stereocenters. The van der Waals surface area contributed by atoms with Crippen molar-refractivity contribution in [3.63, 3.8) is 0 Å². The minimum atomic E-state index is -3.52. The second-order valence-electron chi connectivity index (χ2n) is 6.52. The molecule has 0 fully saturated rings. The first-order valence-corrected chi connectivity index (χ1v) is 11.2. The van der Waals surface area contributed by atoms with Gasteiger partial charge in [-0.2, -0.15) is 0 Å². The normalized spacial score (nSPS) is 12.3. The van der Waals surface area contributed by atoms with Crippen LogP contribution in [0.1, 0.15) is 25.8 Å². The third kappa shape index (κ3) is 6.42. The minimum Gasteiger partial charge on any atom is -0.484 e. The summed E-state index contributed by atoms with van der Waals surface area (Å²) in [6.07, 6.45) is 1.99. The summed E-state index contributed by atoms with van der Waals surface area (Å²) >= 11 is 6.17. The Bertz CT molecular complexity index is 901. The zero-order valence-electron chi connectivity index (χ0n) is 16.2. The van der Waals surface area contributed by atoms with Gasteiger partial charge in [0.1, 0.15) is 5.75 Å². The van der Waals surface area contributed by atoms with E-state index in [4.69, 9.17) is 16.3 Å². The average molecular weight is 425 g/mol. The smallest absolute Gasteiger partial charge is 0.258 e. The number of carbonyl (C=O) groups excluding carboxylic acids is 1. The molecule has 0 saturated carbocycles. The first kappa shape index (κ1) is 22.0. The van der Waals surface area contributed by atoms with E-state index in [9.17, 15) is 13.2 Å². The number of carbonyl (C=O) groups is 1. The third-order valence-corrected chi connectivity index (χ3v) is 5.70. The maximum atomic E-state index is 12.3. The zero-order chi connectivity index (χ0) is 20.7. The summed E-state index contributed by atoms with van der Waals surface area (Å²) in [7, 11) is -3.52. The van der Waals surface area contributed by atoms with Crippen molar-refractivity contribution < 1.29 is 17.9 Å². The largest absolute Gasteiger partial charge is 0.484 e. The van der Waals surface area contributed by atoms with E-state index in [1.165, 1.54) is 4.31 Å². The SMILES string of the molecule is CCC(C)NC(=O)COc1ccc(N(Cc2ccccc2Cl)S(C)(=O)=O)cc1. The summed E-state index contributed by atoms with van der Waals surface area (Å²) < 4.78 is 31.3. The summed E-state index contributed by atoms with van der Waals surface area (Å²) in [6.45, 7) is 3.93. The Morgan fingerprint density at radius 3 is 2.39 bits per heavy atom. The Morgan fingerprint density at radius 2 is 1.82 bits per heavy atom. The van der Waals surface area contributed by atoms with Crippen LogP contribution in [0.3, 0.4) is 0 Å². The van der Waals surface area contributed by atoms with Gasteiger partial charge in [-0.1, -0.05) is 36.7 Å². The van der Waals surface area contributed by atoms with Crippen molar-refractivity contribution in [3.8, 4) is 5.75 Å². The number of rotatable bonds is 9. The molecule has 6 nitrogen and oxygen atoms in total. The van der Waals surface area contributed by atoms with E-state index in [2.05, 4.69) is 5.32 Å². The summed E-state index contributed by atoms with van der Waals surface area (Å²) in [5.74, 6) is 0.282. The van der Waals surface area contributed by atoms with E-state index in [1.807, 2.05) is 19.9 Å². The lowest BCUT2D eigenvalue weighted by atomic mass is 10.2. The van der Waals surface area contributed by atoms with E-state index in [0.29, 0.717) is 22.0 Å². The van der Waals surface area contributed by atoms with Crippen LogP contribution in [0, 0.1) is 0 Å². The van der Waals surface area contributed by atoms with Crippen LogP contribution < -0.4 is 14.4 Å². The lowest BCUT2D eigenvalue weighted by Crippen LogP contribution is -2.35. The van der Waals surface area contributed by atoms with Gasteiger partial charge in [0.15, 0.2) is 6.61 Å². The molecule has 2 aromatic rings. The summed E-state index contributed by atoms with van der Waals surface area (Å²) in [4.78, 5) is 11.8. The van der Waals surface area contributed by atoms with Crippen molar-refractivity contribution in [1.82, 2.24) is 5.32 Å². The molecule has 0 aliphatic heterocycles. The van der Waals surface area contributed by atoms with Gasteiger partial charge in [-0.05, 0) is 49.2 Å². The first-order chi connectivity index (χ1) is 13.2. The fourth-order valence-electron chi connectivity index (χ4n) is 2.46. The Hall–Kier alpha value is -2.25. The lowest BCUT2D eigenvalue weighted by Gasteiger charge is -2.23. The molecule has 0 aliphatic carbocycles. The van der Waals surface area contributed by atoms with Crippen LogP contribution in [-0.2, 0) is 21.4 Å². The molecular formula is C20H25ClN2O4S. The number of hydrogen-bond acceptors (Lipinski definition) is 4. The number of hydrogen-bond donors (Lipinski definition) is 1. The van der Waals surface area contributed by atoms with Crippen molar-refractivity contribution in [2.24, 2.45) is 0 Å². The van der Waals surface area contributed by atoms with E-state index >= 15 is 0 Å². The monoisotopic (exact) mass is 424 g/mol. The van der Waals surface area contributed by atoms with Crippen molar-refractivity contribution >= 4 is 33.2 Å². The number of amides is 1. The predicted molar refractivity (Wildman–Crippen MR) is 112 cm³/mol. The molecule has 0 aliphatic rings. The zero-order valence-corrected chi connectivity index (χ0v) is 17.8. The van der Waals surface area contributed by atoms with Gasteiger partial charge in [0.2, 0.25) is 10.0 Å². The third-order valence-electron chi connectivity index (χ3n) is 4.19. The maximum Gasteiger partial charge on any atom is 0.258 e. The molecule has 28 heavy (non-hydrogen) atoms. The second-order valence-corrected chi connectivity index (χ2v) is 8.83. The van der Waals surface area contributed by atoms with Crippen LogP contribution in [0.5, 0.6) is 5.75 Å². The molecule has 2 aromatic carbocycles. The van der Waals surface area contributed by atoms with Gasteiger partial charge in [-0.25, -0.2) is 8.42 Å². The second kappa shape index (κ2) is 9.80. The molecule has 1 unspecified atom stereocenters. The highest BCUT2D eigenvalue weighted by molar-refractivity contribution is 7.92. The van der Waals surface area contributed by atoms with Crippen LogP contribution >= 0.6 is 11.6 Å². The standard InChI is InChI=1S/C20H25ClN2O4S/c1-4-15(2)22-20(24)14-27-18-11-9-17(10-12-18)23(28(3,25)26)13-16-7-5-6-8-19(16)21/h5-12,15H,4,13-14H2,1-3H3,(H,22,24). The van der Waals surface area contributed by atoms with Gasteiger partial charge in [0, 0.05) is 11.1 Å². The Morgan fingerprint density at radius 1 is 1.18 bits per heavy atom. The molecule has 0 aromatic heterocycles. The van der Waals surface area contributed by atoms with Gasteiger partial charge in [-0.3, -0.25) is 9.10 Å². The Balaban J connectivity index is 2.10. The molecular weight excluding hydrogens is 400 g/mol. The average Bonchev–Trinajstić information content (AvgIpc) is 2.65. The van der Waals surface area contributed by atoms with Crippen LogP contribution in [0.25, 0.3) is 0 Å². The first-order valence-electron chi connectivity index (χ1n) is 8.94. The molecule has 0 saturated heterocycles. The fraction of sp³-hybridized carbons (Fsp3) is 0.350. The van der Waals surface area contributed by atoms with Crippen LogP contribution in [0.4, 0.5) is 5.69 Å². The number of nitrogens with zero attached hydrogens (tertiary/aromatic N) is 1. The molecule has 0 radical (unpaired) electrons. The van der Waals surface area contributed by atoms with E-state index in [0.717, 1.165) is 12.7 Å². The quantitative estimate of drug-likeness (QED) is 0.667. The molecule has 1 amide bonds. The highest BCUT2D eigenvalue weighted by Gasteiger charge is 2.19. The molecule has 1 N–H and O–H groups in total. The maximum absolute atomic E-state index is 12.3. The fourth-order valence-corrected chi connectivity index (χ4v) is 3.53. The number of sulfonamides is 1. The van der Waals surface area contributed by atoms with Crippen LogP contribution in [-0.4, -0.2) is 33.2 Å². The van der Waals surface area contributed by atoms with E-state index < -0.39 is 10.0 Å². The predicted octanol–water partition coefficient (Wildman–Crippen LogP) is 3.60. The molecule has 8 heteroatoms. The van der Waals surface area contributed by atoms with Crippen molar-refractivity contribution in [1.29, 1.82) is 0 Å². The Kier molecular flexibility index (Phi) is 7.71. The molecule has 0 heterocycles. The minimum absolute atomic E-state index is 0.0894. The van der Waals surface area contributed by atoms with Crippen molar-refractivity contribution in [2.75, 3.05) is 17.2 Å². The van der Waals surface area contributed by atoms with Crippen molar-refractivity contribution in [2.45, 2.75) is 32.9 Å². The van der Waals surface area contributed by atoms with Crippen molar-refractivity contribution in [3.05, 3.63) is 59.1 Å². The number of halogens is 1. The van der Waals surface area contributed by atoms with Crippen LogP contribution in [0.2, 0.25) is 5.02 Å². The van der Waals surface area contributed by atoms with Gasteiger partial charge in [0.25, 0.3) is 5.91 Å². The molecule has 152 valence electrons. The number of nitrogens with one attached hydrogen (secondary N) is 1. The molecule has 0 spiro atoms. The van der Waals surface area contributed by atoms with Gasteiger partial charge < -0.3 is 10.1 Å². The van der Waals surface area contributed by atoms with Crippen LogP contribution in [0.15, 0.2) is 48.5 Å². The summed E-state index contributed by atoms with van der Waals surface area (Å²) in [5.41, 5.74) is 1.19. The topological polar surface area (TPSA) is 75.7 Å². The highest BCUT2D eigenvalue weighted by Crippen LogP contribution is 2.26. The van der Waals surface area contributed by atoms with Gasteiger partial charge in [0.05, 0.1) is 18.5 Å². The molecule has 2 rings (SSSR count). The number of benzene rings is 2. The molecule has 0 bridgehead atoms. The van der Waals surface area contributed by atoms with Gasteiger partial charge in [-0.15, -0.1) is 0 Å². The summed E-state index contributed by atoms with van der Waals surface area (Å²) in [6, 6.07) is 13.7. The van der Waals surface area contributed by atoms with Gasteiger partial charge >= 0.3 is 0 Å².